The van der Waals surface area contributed by atoms with Gasteiger partial charge in [0.15, 0.2) is 0 Å². The van der Waals surface area contributed by atoms with E-state index < -0.39 is 10.2 Å². The van der Waals surface area contributed by atoms with Crippen LogP contribution >= 0.6 is 0 Å². The Bertz CT molecular complexity index is 357. The Kier molecular flexibility index (Phi) is 4.68. The van der Waals surface area contributed by atoms with E-state index in [4.69, 9.17) is 10.00 Å². The van der Waals surface area contributed by atoms with E-state index in [1.807, 2.05) is 6.07 Å². The third-order valence-electron chi connectivity index (χ3n) is 2.67. The number of ether oxygens (including phenoxy) is 1. The average molecular weight is 247 g/mol. The van der Waals surface area contributed by atoms with Crippen LogP contribution in [0.3, 0.4) is 0 Å². The minimum Gasteiger partial charge on any atom is -0.379 e. The molecule has 1 atom stereocenters. The molecule has 7 heteroatoms. The fraction of sp³-hybridized carbons (Fsp3) is 0.889. The van der Waals surface area contributed by atoms with Gasteiger partial charge in [0.25, 0.3) is 10.2 Å². The van der Waals surface area contributed by atoms with Crippen LogP contribution in [-0.4, -0.2) is 56.4 Å². The first-order chi connectivity index (χ1) is 7.50. The maximum atomic E-state index is 12.1. The van der Waals surface area contributed by atoms with Gasteiger partial charge in [-0.05, 0) is 6.92 Å². The largest absolute Gasteiger partial charge is 0.379 e. The fourth-order valence-electron chi connectivity index (χ4n) is 1.45. The van der Waals surface area contributed by atoms with Gasteiger partial charge in [-0.2, -0.15) is 22.3 Å². The van der Waals surface area contributed by atoms with Gasteiger partial charge in [0.1, 0.15) is 0 Å². The standard InChI is InChI=1S/C9H17N3O3S/c1-9(3-4-10)11(2)16(13,14)12-5-7-15-8-6-12/h9H,3,5-8H2,1-2H3. The monoisotopic (exact) mass is 247 g/mol. The van der Waals surface area contributed by atoms with Gasteiger partial charge in [-0.1, -0.05) is 0 Å². The van der Waals surface area contributed by atoms with Crippen molar-refractivity contribution >= 4 is 10.2 Å². The fourth-order valence-corrected chi connectivity index (χ4v) is 2.95. The molecule has 0 N–H and O–H groups in total. The van der Waals surface area contributed by atoms with E-state index in [1.165, 1.54) is 15.7 Å². The van der Waals surface area contributed by atoms with E-state index in [0.717, 1.165) is 0 Å². The quantitative estimate of drug-likeness (QED) is 0.689. The van der Waals surface area contributed by atoms with Gasteiger partial charge in [0.05, 0.1) is 25.7 Å². The Morgan fingerprint density at radius 1 is 1.50 bits per heavy atom. The van der Waals surface area contributed by atoms with Gasteiger partial charge >= 0.3 is 0 Å². The first-order valence-corrected chi connectivity index (χ1v) is 6.57. The van der Waals surface area contributed by atoms with Crippen LogP contribution < -0.4 is 0 Å². The second kappa shape index (κ2) is 5.59. The highest BCUT2D eigenvalue weighted by Crippen LogP contribution is 2.13. The molecule has 0 aromatic rings. The molecule has 0 aromatic carbocycles. The number of nitrogens with zero attached hydrogens (tertiary/aromatic N) is 3. The van der Waals surface area contributed by atoms with Gasteiger partial charge in [-0.25, -0.2) is 0 Å². The number of hydrogen-bond donors (Lipinski definition) is 0. The van der Waals surface area contributed by atoms with Crippen molar-refractivity contribution in [2.75, 3.05) is 33.4 Å². The number of hydrogen-bond acceptors (Lipinski definition) is 4. The zero-order valence-corrected chi connectivity index (χ0v) is 10.4. The van der Waals surface area contributed by atoms with Crippen molar-refractivity contribution in [3.05, 3.63) is 0 Å². The summed E-state index contributed by atoms with van der Waals surface area (Å²) in [5, 5.41) is 8.56. The van der Waals surface area contributed by atoms with Crippen molar-refractivity contribution in [3.8, 4) is 6.07 Å². The molecule has 1 aliphatic rings. The maximum absolute atomic E-state index is 12.1. The molecule has 1 unspecified atom stereocenters. The molecule has 16 heavy (non-hydrogen) atoms. The molecule has 0 bridgehead atoms. The summed E-state index contributed by atoms with van der Waals surface area (Å²) >= 11 is 0. The van der Waals surface area contributed by atoms with Gasteiger partial charge < -0.3 is 4.74 Å². The van der Waals surface area contributed by atoms with Crippen molar-refractivity contribution in [1.29, 1.82) is 5.26 Å². The lowest BCUT2D eigenvalue weighted by atomic mass is 10.3. The van der Waals surface area contributed by atoms with Crippen LogP contribution in [-0.2, 0) is 14.9 Å². The minimum absolute atomic E-state index is 0.195. The Balaban J connectivity index is 2.72. The second-order valence-electron chi connectivity index (χ2n) is 3.75. The van der Waals surface area contributed by atoms with Crippen molar-refractivity contribution in [2.24, 2.45) is 0 Å². The first-order valence-electron chi connectivity index (χ1n) is 5.18. The Morgan fingerprint density at radius 3 is 2.56 bits per heavy atom. The third kappa shape index (κ3) is 2.92. The molecule has 1 fully saturated rings. The van der Waals surface area contributed by atoms with Crippen LogP contribution in [0.15, 0.2) is 0 Å². The number of nitriles is 1. The molecular weight excluding hydrogens is 230 g/mol. The van der Waals surface area contributed by atoms with E-state index in [1.54, 1.807) is 6.92 Å². The van der Waals surface area contributed by atoms with Crippen LogP contribution in [0.1, 0.15) is 13.3 Å². The maximum Gasteiger partial charge on any atom is 0.282 e. The molecule has 1 heterocycles. The molecular formula is C9H17N3O3S. The van der Waals surface area contributed by atoms with Crippen LogP contribution in [0.5, 0.6) is 0 Å². The summed E-state index contributed by atoms with van der Waals surface area (Å²) < 4.78 is 31.9. The number of rotatable bonds is 4. The molecule has 0 spiro atoms. The molecule has 1 aliphatic heterocycles. The van der Waals surface area contributed by atoms with Crippen LogP contribution in [0.4, 0.5) is 0 Å². The molecule has 0 radical (unpaired) electrons. The van der Waals surface area contributed by atoms with Crippen molar-refractivity contribution < 1.29 is 13.2 Å². The Hall–Kier alpha value is -0.680. The summed E-state index contributed by atoms with van der Waals surface area (Å²) in [6, 6.07) is 1.67. The SMILES string of the molecule is CC(CC#N)N(C)S(=O)(=O)N1CCOCC1. The summed E-state index contributed by atoms with van der Waals surface area (Å²) in [7, 11) is -1.94. The lowest BCUT2D eigenvalue weighted by Crippen LogP contribution is -2.49. The van der Waals surface area contributed by atoms with Gasteiger partial charge in [-0.3, -0.25) is 0 Å². The molecule has 1 rings (SSSR count). The topological polar surface area (TPSA) is 73.6 Å². The van der Waals surface area contributed by atoms with E-state index >= 15 is 0 Å². The first kappa shape index (κ1) is 13.4. The normalized spacial score (nSPS) is 20.6. The van der Waals surface area contributed by atoms with Crippen LogP contribution in [0.25, 0.3) is 0 Å². The van der Waals surface area contributed by atoms with E-state index in [9.17, 15) is 8.42 Å². The zero-order valence-electron chi connectivity index (χ0n) is 9.59. The Labute approximate surface area is 96.6 Å². The van der Waals surface area contributed by atoms with Crippen molar-refractivity contribution in [1.82, 2.24) is 8.61 Å². The molecule has 92 valence electrons. The lowest BCUT2D eigenvalue weighted by molar-refractivity contribution is 0.0700. The summed E-state index contributed by atoms with van der Waals surface area (Å²) in [5.74, 6) is 0. The van der Waals surface area contributed by atoms with Gasteiger partial charge in [0.2, 0.25) is 0 Å². The Morgan fingerprint density at radius 2 is 2.06 bits per heavy atom. The highest BCUT2D eigenvalue weighted by molar-refractivity contribution is 7.86. The molecule has 6 nitrogen and oxygen atoms in total. The van der Waals surface area contributed by atoms with Crippen LogP contribution in [0.2, 0.25) is 0 Å². The predicted octanol–water partition coefficient (Wildman–Crippen LogP) is -0.203. The molecule has 0 saturated carbocycles. The summed E-state index contributed by atoms with van der Waals surface area (Å²) in [6.45, 7) is 3.35. The lowest BCUT2D eigenvalue weighted by Gasteiger charge is -2.32. The minimum atomic E-state index is -3.45. The summed E-state index contributed by atoms with van der Waals surface area (Å²) in [4.78, 5) is 0. The second-order valence-corrected chi connectivity index (χ2v) is 5.73. The smallest absolute Gasteiger partial charge is 0.282 e. The molecule has 0 amide bonds. The molecule has 0 aromatic heterocycles. The molecule has 0 aliphatic carbocycles. The molecule has 1 saturated heterocycles. The third-order valence-corrected chi connectivity index (χ3v) is 4.77. The van der Waals surface area contributed by atoms with E-state index in [-0.39, 0.29) is 12.5 Å². The van der Waals surface area contributed by atoms with E-state index in [2.05, 4.69) is 0 Å². The highest BCUT2D eigenvalue weighted by atomic mass is 32.2. The van der Waals surface area contributed by atoms with E-state index in [0.29, 0.717) is 26.3 Å². The van der Waals surface area contributed by atoms with Crippen molar-refractivity contribution in [3.63, 3.8) is 0 Å². The zero-order chi connectivity index (χ0) is 12.2. The van der Waals surface area contributed by atoms with Crippen LogP contribution in [0, 0.1) is 11.3 Å². The predicted molar refractivity (Wildman–Crippen MR) is 58.8 cm³/mol. The number of morpholine rings is 1. The van der Waals surface area contributed by atoms with Gasteiger partial charge in [0, 0.05) is 26.2 Å². The average Bonchev–Trinajstić information content (AvgIpc) is 2.29. The summed E-state index contributed by atoms with van der Waals surface area (Å²) in [5.41, 5.74) is 0. The summed E-state index contributed by atoms with van der Waals surface area (Å²) in [6.07, 6.45) is 0.195. The highest BCUT2D eigenvalue weighted by Gasteiger charge is 2.31. The van der Waals surface area contributed by atoms with Gasteiger partial charge in [-0.15, -0.1) is 0 Å². The van der Waals surface area contributed by atoms with Crippen molar-refractivity contribution in [2.45, 2.75) is 19.4 Å².